The molecular weight excluding hydrogens is 340 g/mol. The Bertz CT molecular complexity index is 803. The first-order valence-corrected chi connectivity index (χ1v) is 9.41. The van der Waals surface area contributed by atoms with Crippen LogP contribution in [0, 0.1) is 0 Å². The number of rotatable bonds is 7. The molecule has 0 saturated heterocycles. The van der Waals surface area contributed by atoms with Gasteiger partial charge in [0.25, 0.3) is 0 Å². The van der Waals surface area contributed by atoms with Crippen LogP contribution in [0.2, 0.25) is 5.02 Å². The van der Waals surface area contributed by atoms with Crippen molar-refractivity contribution in [3.05, 3.63) is 29.0 Å². The summed E-state index contributed by atoms with van der Waals surface area (Å²) in [6.45, 7) is 1.94. The molecule has 1 atom stereocenters. The number of fused-ring (bicyclic) bond motifs is 1. The molecular formula is C14H19ClN4O3S. The molecule has 0 fully saturated rings. The predicted octanol–water partition coefficient (Wildman–Crippen LogP) is 1.20. The number of carbonyl (C=O) groups is 1. The number of aromatic nitrogens is 2. The number of H-pyrrole nitrogens is 1. The zero-order chi connectivity index (χ0) is 17.0. The Balaban J connectivity index is 1.79. The van der Waals surface area contributed by atoms with Crippen LogP contribution in [0.4, 0.5) is 0 Å². The maximum absolute atomic E-state index is 11.7. The van der Waals surface area contributed by atoms with Crippen molar-refractivity contribution in [2.24, 2.45) is 0 Å². The van der Waals surface area contributed by atoms with Gasteiger partial charge in [0.05, 0.1) is 23.3 Å². The van der Waals surface area contributed by atoms with Gasteiger partial charge in [0.1, 0.15) is 5.82 Å². The van der Waals surface area contributed by atoms with Crippen LogP contribution in [0.1, 0.15) is 19.2 Å². The van der Waals surface area contributed by atoms with Crippen LogP contribution in [0.5, 0.6) is 0 Å². The van der Waals surface area contributed by atoms with Crippen LogP contribution in [0.3, 0.4) is 0 Å². The second-order valence-electron chi connectivity index (χ2n) is 5.35. The second kappa shape index (κ2) is 7.29. The summed E-state index contributed by atoms with van der Waals surface area (Å²) in [5.41, 5.74) is 1.72. The molecule has 126 valence electrons. The molecule has 0 spiro atoms. The first kappa shape index (κ1) is 17.7. The maximum Gasteiger partial charge on any atom is 0.237 e. The summed E-state index contributed by atoms with van der Waals surface area (Å²) < 4.78 is 24.3. The molecule has 0 bridgehead atoms. The van der Waals surface area contributed by atoms with Gasteiger partial charge in [0, 0.05) is 18.0 Å². The van der Waals surface area contributed by atoms with Gasteiger partial charge in [0.15, 0.2) is 0 Å². The highest BCUT2D eigenvalue weighted by Gasteiger charge is 2.16. The number of nitrogens with zero attached hydrogens (tertiary/aromatic N) is 1. The largest absolute Gasteiger partial charge is 0.355 e. The van der Waals surface area contributed by atoms with Crippen molar-refractivity contribution in [2.75, 3.05) is 12.8 Å². The lowest BCUT2D eigenvalue weighted by atomic mass is 10.3. The number of aryl methyl sites for hydroxylation is 1. The van der Waals surface area contributed by atoms with E-state index in [2.05, 4.69) is 20.0 Å². The predicted molar refractivity (Wildman–Crippen MR) is 89.9 cm³/mol. The van der Waals surface area contributed by atoms with Crippen molar-refractivity contribution in [1.29, 1.82) is 0 Å². The van der Waals surface area contributed by atoms with E-state index in [4.69, 9.17) is 11.6 Å². The third-order valence-corrected chi connectivity index (χ3v) is 4.18. The van der Waals surface area contributed by atoms with Crippen molar-refractivity contribution < 1.29 is 13.2 Å². The molecule has 0 radical (unpaired) electrons. The fourth-order valence-electron chi connectivity index (χ4n) is 2.15. The monoisotopic (exact) mass is 358 g/mol. The fourth-order valence-corrected chi connectivity index (χ4v) is 3.07. The highest BCUT2D eigenvalue weighted by Crippen LogP contribution is 2.17. The summed E-state index contributed by atoms with van der Waals surface area (Å²) in [6.07, 6.45) is 2.37. The van der Waals surface area contributed by atoms with Crippen LogP contribution in [-0.2, 0) is 21.2 Å². The molecule has 0 saturated carbocycles. The van der Waals surface area contributed by atoms with E-state index in [0.717, 1.165) is 23.1 Å². The highest BCUT2D eigenvalue weighted by molar-refractivity contribution is 7.88. The molecule has 9 heteroatoms. The molecule has 2 aromatic rings. The summed E-state index contributed by atoms with van der Waals surface area (Å²) in [4.78, 5) is 19.3. The number of benzene rings is 1. The molecule has 1 unspecified atom stereocenters. The van der Waals surface area contributed by atoms with Crippen molar-refractivity contribution in [3.8, 4) is 0 Å². The van der Waals surface area contributed by atoms with Crippen LogP contribution in [-0.4, -0.2) is 43.1 Å². The SMILES string of the molecule is CC(NS(C)(=O)=O)C(=O)NCCCc1nc2ccc(Cl)cc2[nH]1. The normalized spacial score (nSPS) is 13.2. The minimum atomic E-state index is -3.40. The summed E-state index contributed by atoms with van der Waals surface area (Å²) >= 11 is 5.92. The van der Waals surface area contributed by atoms with E-state index < -0.39 is 16.1 Å². The molecule has 1 heterocycles. The van der Waals surface area contributed by atoms with Gasteiger partial charge in [-0.3, -0.25) is 4.79 Å². The lowest BCUT2D eigenvalue weighted by Crippen LogP contribution is -2.44. The summed E-state index contributed by atoms with van der Waals surface area (Å²) in [5, 5.41) is 3.34. The third kappa shape index (κ3) is 5.49. The van der Waals surface area contributed by atoms with Crippen molar-refractivity contribution >= 4 is 38.6 Å². The molecule has 0 aliphatic heterocycles. The summed E-state index contributed by atoms with van der Waals surface area (Å²) in [7, 11) is -3.40. The minimum absolute atomic E-state index is 0.355. The average molecular weight is 359 g/mol. The molecule has 7 nitrogen and oxygen atoms in total. The van der Waals surface area contributed by atoms with E-state index in [-0.39, 0.29) is 5.91 Å². The number of hydrogen-bond donors (Lipinski definition) is 3. The van der Waals surface area contributed by atoms with Crippen LogP contribution < -0.4 is 10.0 Å². The van der Waals surface area contributed by atoms with Gasteiger partial charge in [-0.15, -0.1) is 0 Å². The number of sulfonamides is 1. The Labute approximate surface area is 139 Å². The van der Waals surface area contributed by atoms with E-state index in [1.807, 2.05) is 12.1 Å². The van der Waals surface area contributed by atoms with Gasteiger partial charge in [-0.25, -0.2) is 18.1 Å². The standard InChI is InChI=1S/C14H19ClN4O3S/c1-9(19-23(2,21)22)14(20)16-7-3-4-13-17-11-6-5-10(15)8-12(11)18-13/h5-6,8-9,19H,3-4,7H2,1-2H3,(H,16,20)(H,17,18). The van der Waals surface area contributed by atoms with Crippen molar-refractivity contribution in [2.45, 2.75) is 25.8 Å². The van der Waals surface area contributed by atoms with Crippen molar-refractivity contribution in [3.63, 3.8) is 0 Å². The van der Waals surface area contributed by atoms with E-state index in [0.29, 0.717) is 24.4 Å². The number of nitrogens with one attached hydrogen (secondary N) is 3. The zero-order valence-electron chi connectivity index (χ0n) is 12.9. The Kier molecular flexibility index (Phi) is 5.61. The first-order valence-electron chi connectivity index (χ1n) is 7.14. The van der Waals surface area contributed by atoms with Crippen LogP contribution in [0.15, 0.2) is 18.2 Å². The van der Waals surface area contributed by atoms with Gasteiger partial charge < -0.3 is 10.3 Å². The molecule has 0 aliphatic rings. The molecule has 0 aliphatic carbocycles. The lowest BCUT2D eigenvalue weighted by molar-refractivity contribution is -0.122. The Morgan fingerprint density at radius 1 is 1.43 bits per heavy atom. The van der Waals surface area contributed by atoms with Crippen LogP contribution >= 0.6 is 11.6 Å². The highest BCUT2D eigenvalue weighted by atomic mass is 35.5. The number of aromatic amines is 1. The minimum Gasteiger partial charge on any atom is -0.355 e. The topological polar surface area (TPSA) is 104 Å². The van der Waals surface area contributed by atoms with Gasteiger partial charge in [-0.05, 0) is 31.5 Å². The number of halogens is 1. The number of amides is 1. The molecule has 23 heavy (non-hydrogen) atoms. The third-order valence-electron chi connectivity index (χ3n) is 3.17. The second-order valence-corrected chi connectivity index (χ2v) is 7.57. The first-order chi connectivity index (χ1) is 10.7. The van der Waals surface area contributed by atoms with Gasteiger partial charge in [-0.1, -0.05) is 11.6 Å². The fraction of sp³-hybridized carbons (Fsp3) is 0.429. The number of imidazole rings is 1. The van der Waals surface area contributed by atoms with Gasteiger partial charge >= 0.3 is 0 Å². The molecule has 3 N–H and O–H groups in total. The van der Waals surface area contributed by atoms with Gasteiger partial charge in [-0.2, -0.15) is 0 Å². The average Bonchev–Trinajstić information content (AvgIpc) is 2.83. The summed E-state index contributed by atoms with van der Waals surface area (Å²) in [5.74, 6) is 0.464. The van der Waals surface area contributed by atoms with E-state index in [1.54, 1.807) is 6.07 Å². The molecule has 2 rings (SSSR count). The number of carbonyl (C=O) groups excluding carboxylic acids is 1. The zero-order valence-corrected chi connectivity index (χ0v) is 14.5. The summed E-state index contributed by atoms with van der Waals surface area (Å²) in [6, 6.07) is 4.65. The van der Waals surface area contributed by atoms with E-state index in [1.165, 1.54) is 6.92 Å². The maximum atomic E-state index is 11.7. The number of hydrogen-bond acceptors (Lipinski definition) is 4. The molecule has 1 amide bonds. The van der Waals surface area contributed by atoms with Crippen LogP contribution in [0.25, 0.3) is 11.0 Å². The quantitative estimate of drug-likeness (QED) is 0.647. The van der Waals surface area contributed by atoms with E-state index >= 15 is 0 Å². The lowest BCUT2D eigenvalue weighted by Gasteiger charge is -2.12. The Morgan fingerprint density at radius 3 is 2.87 bits per heavy atom. The Hall–Kier alpha value is -1.64. The Morgan fingerprint density at radius 2 is 2.17 bits per heavy atom. The smallest absolute Gasteiger partial charge is 0.237 e. The molecule has 1 aromatic carbocycles. The molecule has 1 aromatic heterocycles. The van der Waals surface area contributed by atoms with E-state index in [9.17, 15) is 13.2 Å². The van der Waals surface area contributed by atoms with Gasteiger partial charge in [0.2, 0.25) is 15.9 Å². The van der Waals surface area contributed by atoms with Crippen molar-refractivity contribution in [1.82, 2.24) is 20.0 Å².